The quantitative estimate of drug-likeness (QED) is 0.732. The van der Waals surface area contributed by atoms with E-state index in [1.807, 2.05) is 17.8 Å². The van der Waals surface area contributed by atoms with Crippen LogP contribution in [0.5, 0.6) is 5.75 Å². The van der Waals surface area contributed by atoms with Gasteiger partial charge < -0.3 is 10.1 Å². The number of benzene rings is 1. The zero-order valence-corrected chi connectivity index (χ0v) is 13.1. The third kappa shape index (κ3) is 4.82. The lowest BCUT2D eigenvalue weighted by Crippen LogP contribution is -2.15. The van der Waals surface area contributed by atoms with Gasteiger partial charge in [0.1, 0.15) is 5.75 Å². The fourth-order valence-electron chi connectivity index (χ4n) is 1.71. The Balaban J connectivity index is 1.83. The van der Waals surface area contributed by atoms with E-state index in [4.69, 9.17) is 4.74 Å². The highest BCUT2D eigenvalue weighted by Crippen LogP contribution is 2.25. The van der Waals surface area contributed by atoms with Crippen LogP contribution in [0.3, 0.4) is 0 Å². The molecule has 0 atom stereocenters. The van der Waals surface area contributed by atoms with Crippen LogP contribution in [0, 0.1) is 0 Å². The smallest absolute Gasteiger partial charge is 0.119 e. The first kappa shape index (κ1) is 14.2. The first-order valence-corrected chi connectivity index (χ1v) is 8.62. The van der Waals surface area contributed by atoms with Crippen LogP contribution in [0.4, 0.5) is 0 Å². The summed E-state index contributed by atoms with van der Waals surface area (Å²) in [5.74, 6) is 2.14. The lowest BCUT2D eigenvalue weighted by Gasteiger charge is -2.10. The predicted molar refractivity (Wildman–Crippen MR) is 82.5 cm³/mol. The third-order valence-corrected chi connectivity index (χ3v) is 4.41. The second kappa shape index (κ2) is 7.41. The van der Waals surface area contributed by atoms with Gasteiger partial charge in [-0.25, -0.2) is 0 Å². The number of hydrogen-bond donors (Lipinski definition) is 1. The van der Waals surface area contributed by atoms with E-state index < -0.39 is 0 Å². The first-order chi connectivity index (χ1) is 8.79. The van der Waals surface area contributed by atoms with Crippen molar-refractivity contribution in [1.29, 1.82) is 0 Å². The summed E-state index contributed by atoms with van der Waals surface area (Å²) in [5, 5.41) is 3.53. The third-order valence-electron chi connectivity index (χ3n) is 2.94. The van der Waals surface area contributed by atoms with Crippen LogP contribution in [-0.4, -0.2) is 24.7 Å². The van der Waals surface area contributed by atoms with E-state index in [-0.39, 0.29) is 0 Å². The van der Waals surface area contributed by atoms with Gasteiger partial charge in [0.15, 0.2) is 0 Å². The summed E-state index contributed by atoms with van der Waals surface area (Å²) in [6, 6.07) is 6.99. The summed E-state index contributed by atoms with van der Waals surface area (Å²) in [5.41, 5.74) is 1.28. The average molecular weight is 330 g/mol. The van der Waals surface area contributed by atoms with Crippen LogP contribution < -0.4 is 10.1 Å². The van der Waals surface area contributed by atoms with E-state index >= 15 is 0 Å². The SMILES string of the molecule is CSCCCOc1ccc(Br)c(CNC2CC2)c1. The van der Waals surface area contributed by atoms with Crippen LogP contribution in [-0.2, 0) is 6.54 Å². The average Bonchev–Trinajstić information content (AvgIpc) is 3.19. The number of halogens is 1. The van der Waals surface area contributed by atoms with Gasteiger partial charge in [0.05, 0.1) is 6.61 Å². The van der Waals surface area contributed by atoms with Gasteiger partial charge >= 0.3 is 0 Å². The number of thioether (sulfide) groups is 1. The number of ether oxygens (including phenoxy) is 1. The minimum absolute atomic E-state index is 0.739. The van der Waals surface area contributed by atoms with E-state index in [2.05, 4.69) is 39.6 Å². The topological polar surface area (TPSA) is 21.3 Å². The molecule has 2 rings (SSSR count). The first-order valence-electron chi connectivity index (χ1n) is 6.43. The van der Waals surface area contributed by atoms with Crippen molar-refractivity contribution in [3.05, 3.63) is 28.2 Å². The van der Waals surface area contributed by atoms with Gasteiger partial charge in [-0.15, -0.1) is 0 Å². The summed E-state index contributed by atoms with van der Waals surface area (Å²) in [4.78, 5) is 0. The highest BCUT2D eigenvalue weighted by Gasteiger charge is 2.20. The lowest BCUT2D eigenvalue weighted by molar-refractivity contribution is 0.318. The molecule has 4 heteroatoms. The molecular formula is C14H20BrNOS. The van der Waals surface area contributed by atoms with Crippen LogP contribution in [0.2, 0.25) is 0 Å². The maximum absolute atomic E-state index is 5.76. The lowest BCUT2D eigenvalue weighted by atomic mass is 10.2. The Morgan fingerprint density at radius 2 is 2.28 bits per heavy atom. The molecular weight excluding hydrogens is 310 g/mol. The molecule has 0 saturated heterocycles. The van der Waals surface area contributed by atoms with Gasteiger partial charge in [0, 0.05) is 17.1 Å². The molecule has 1 N–H and O–H groups in total. The van der Waals surface area contributed by atoms with Crippen molar-refractivity contribution in [3.63, 3.8) is 0 Å². The van der Waals surface area contributed by atoms with Gasteiger partial charge in [-0.1, -0.05) is 15.9 Å². The summed E-state index contributed by atoms with van der Waals surface area (Å²) in [6.07, 6.45) is 5.87. The van der Waals surface area contributed by atoms with Gasteiger partial charge in [-0.05, 0) is 55.0 Å². The number of nitrogens with one attached hydrogen (secondary N) is 1. The van der Waals surface area contributed by atoms with Crippen molar-refractivity contribution in [2.24, 2.45) is 0 Å². The van der Waals surface area contributed by atoms with Crippen LogP contribution in [0.25, 0.3) is 0 Å². The Labute approximate surface area is 122 Å². The molecule has 1 aromatic rings. The largest absolute Gasteiger partial charge is 0.494 e. The Kier molecular flexibility index (Phi) is 5.86. The normalized spacial score (nSPS) is 14.8. The summed E-state index contributed by atoms with van der Waals surface area (Å²) in [6.45, 7) is 1.73. The summed E-state index contributed by atoms with van der Waals surface area (Å²) >= 11 is 5.46. The molecule has 0 spiro atoms. The molecule has 0 radical (unpaired) electrons. The molecule has 18 heavy (non-hydrogen) atoms. The van der Waals surface area contributed by atoms with Gasteiger partial charge in [-0.3, -0.25) is 0 Å². The van der Waals surface area contributed by atoms with Crippen molar-refractivity contribution in [3.8, 4) is 5.75 Å². The van der Waals surface area contributed by atoms with Crippen molar-refractivity contribution in [1.82, 2.24) is 5.32 Å². The van der Waals surface area contributed by atoms with Crippen LogP contribution in [0.1, 0.15) is 24.8 Å². The zero-order valence-electron chi connectivity index (χ0n) is 10.7. The monoisotopic (exact) mass is 329 g/mol. The van der Waals surface area contributed by atoms with Gasteiger partial charge in [0.2, 0.25) is 0 Å². The Morgan fingerprint density at radius 3 is 3.00 bits per heavy atom. The molecule has 1 aromatic carbocycles. The maximum atomic E-state index is 5.76. The Morgan fingerprint density at radius 1 is 1.44 bits per heavy atom. The fraction of sp³-hybridized carbons (Fsp3) is 0.571. The number of hydrogen-bond acceptors (Lipinski definition) is 3. The molecule has 1 aliphatic carbocycles. The molecule has 0 bridgehead atoms. The van der Waals surface area contributed by atoms with Crippen molar-refractivity contribution < 1.29 is 4.74 Å². The molecule has 2 nitrogen and oxygen atoms in total. The van der Waals surface area contributed by atoms with Gasteiger partial charge in [-0.2, -0.15) is 11.8 Å². The minimum atomic E-state index is 0.739. The van der Waals surface area contributed by atoms with E-state index in [1.54, 1.807) is 0 Å². The highest BCUT2D eigenvalue weighted by molar-refractivity contribution is 9.10. The molecule has 0 amide bonds. The van der Waals surface area contributed by atoms with Crippen molar-refractivity contribution in [2.45, 2.75) is 31.8 Å². The predicted octanol–water partition coefficient (Wildman–Crippen LogP) is 3.83. The fourth-order valence-corrected chi connectivity index (χ4v) is 2.50. The van der Waals surface area contributed by atoms with E-state index in [0.29, 0.717) is 0 Å². The Hall–Kier alpha value is -0.190. The summed E-state index contributed by atoms with van der Waals surface area (Å²) in [7, 11) is 0. The minimum Gasteiger partial charge on any atom is -0.494 e. The molecule has 1 aliphatic rings. The molecule has 1 saturated carbocycles. The molecule has 0 unspecified atom stereocenters. The highest BCUT2D eigenvalue weighted by atomic mass is 79.9. The van der Waals surface area contributed by atoms with Crippen LogP contribution in [0.15, 0.2) is 22.7 Å². The standard InChI is InChI=1S/C14H20BrNOS/c1-18-8-2-7-17-13-5-6-14(15)11(9-13)10-16-12-3-4-12/h5-6,9,12,16H,2-4,7-8,10H2,1H3. The molecule has 1 fully saturated rings. The summed E-state index contributed by atoms with van der Waals surface area (Å²) < 4.78 is 6.92. The van der Waals surface area contributed by atoms with E-state index in [0.717, 1.165) is 41.6 Å². The molecule has 0 heterocycles. The van der Waals surface area contributed by atoms with Crippen molar-refractivity contribution in [2.75, 3.05) is 18.6 Å². The van der Waals surface area contributed by atoms with E-state index in [9.17, 15) is 0 Å². The number of rotatable bonds is 8. The molecule has 0 aliphatic heterocycles. The van der Waals surface area contributed by atoms with Crippen LogP contribution >= 0.6 is 27.7 Å². The van der Waals surface area contributed by atoms with Gasteiger partial charge in [0.25, 0.3) is 0 Å². The zero-order chi connectivity index (χ0) is 12.8. The van der Waals surface area contributed by atoms with Crippen molar-refractivity contribution >= 4 is 27.7 Å². The Bertz CT molecular complexity index is 382. The second-order valence-corrected chi connectivity index (χ2v) is 6.44. The molecule has 0 aromatic heterocycles. The van der Waals surface area contributed by atoms with E-state index in [1.165, 1.54) is 18.4 Å². The molecule has 100 valence electrons. The second-order valence-electron chi connectivity index (χ2n) is 4.60. The maximum Gasteiger partial charge on any atom is 0.119 e.